The lowest BCUT2D eigenvalue weighted by molar-refractivity contribution is -0.143. The Labute approximate surface area is 168 Å². The number of hydrogen-bond donors (Lipinski definition) is 0. The van der Waals surface area contributed by atoms with Crippen molar-refractivity contribution in [2.75, 3.05) is 6.61 Å². The normalized spacial score (nSPS) is 11.8. The molecular formula is C22H24N2O3S. The van der Waals surface area contributed by atoms with Gasteiger partial charge in [-0.05, 0) is 75.1 Å². The van der Waals surface area contributed by atoms with Crippen molar-refractivity contribution in [3.63, 3.8) is 0 Å². The lowest BCUT2D eigenvalue weighted by Gasteiger charge is -2.07. The lowest BCUT2D eigenvalue weighted by Crippen LogP contribution is -2.23. The van der Waals surface area contributed by atoms with Crippen LogP contribution in [0, 0.1) is 27.7 Å². The van der Waals surface area contributed by atoms with Gasteiger partial charge >= 0.3 is 5.97 Å². The number of aryl methyl sites for hydroxylation is 4. The van der Waals surface area contributed by atoms with E-state index in [1.807, 2.05) is 45.9 Å². The van der Waals surface area contributed by atoms with Crippen LogP contribution in [0.25, 0.3) is 10.2 Å². The van der Waals surface area contributed by atoms with Gasteiger partial charge in [0.15, 0.2) is 4.80 Å². The zero-order valence-electron chi connectivity index (χ0n) is 16.8. The van der Waals surface area contributed by atoms with Gasteiger partial charge in [0.2, 0.25) is 0 Å². The molecule has 0 aliphatic heterocycles. The van der Waals surface area contributed by atoms with Crippen LogP contribution in [0.1, 0.15) is 39.5 Å². The third-order valence-electron chi connectivity index (χ3n) is 4.66. The van der Waals surface area contributed by atoms with Crippen LogP contribution < -0.4 is 4.80 Å². The number of fused-ring (bicyclic) bond motifs is 1. The summed E-state index contributed by atoms with van der Waals surface area (Å²) >= 11 is 1.41. The van der Waals surface area contributed by atoms with E-state index in [1.54, 1.807) is 17.6 Å². The fourth-order valence-electron chi connectivity index (χ4n) is 3.19. The maximum Gasteiger partial charge on any atom is 0.326 e. The predicted octanol–water partition coefficient (Wildman–Crippen LogP) is 4.24. The van der Waals surface area contributed by atoms with E-state index in [4.69, 9.17) is 4.74 Å². The molecule has 2 aromatic carbocycles. The molecule has 0 spiro atoms. The van der Waals surface area contributed by atoms with Crippen molar-refractivity contribution in [3.05, 3.63) is 63.0 Å². The van der Waals surface area contributed by atoms with E-state index in [9.17, 15) is 9.59 Å². The van der Waals surface area contributed by atoms with Gasteiger partial charge in [0.05, 0.1) is 16.8 Å². The summed E-state index contributed by atoms with van der Waals surface area (Å²) in [5, 5.41) is 0. The third kappa shape index (κ3) is 4.07. The second kappa shape index (κ2) is 8.10. The lowest BCUT2D eigenvalue weighted by atomic mass is 10.1. The van der Waals surface area contributed by atoms with E-state index < -0.39 is 0 Å². The molecule has 1 heterocycles. The highest BCUT2D eigenvalue weighted by molar-refractivity contribution is 7.16. The van der Waals surface area contributed by atoms with Gasteiger partial charge in [-0.3, -0.25) is 9.59 Å². The molecule has 0 aliphatic rings. The van der Waals surface area contributed by atoms with Gasteiger partial charge in [0.25, 0.3) is 5.91 Å². The van der Waals surface area contributed by atoms with Crippen LogP contribution in [-0.2, 0) is 16.1 Å². The molecule has 3 aromatic rings. The second-order valence-electron chi connectivity index (χ2n) is 6.92. The smallest absolute Gasteiger partial charge is 0.326 e. The molecule has 0 fully saturated rings. The molecule has 5 nitrogen and oxygen atoms in total. The van der Waals surface area contributed by atoms with Gasteiger partial charge in [0, 0.05) is 5.56 Å². The summed E-state index contributed by atoms with van der Waals surface area (Å²) in [5.41, 5.74) is 5.79. The standard InChI is InChI=1S/C22H24N2O3S/c1-6-27-19(25)12-24-20-16(5)9-13(2)10-18(20)28-22(24)23-21(26)17-8-7-14(3)15(4)11-17/h7-11H,6,12H2,1-5H3. The Morgan fingerprint density at radius 2 is 1.79 bits per heavy atom. The zero-order valence-corrected chi connectivity index (χ0v) is 17.6. The Morgan fingerprint density at radius 1 is 1.04 bits per heavy atom. The number of benzene rings is 2. The molecule has 146 valence electrons. The quantitative estimate of drug-likeness (QED) is 0.620. The summed E-state index contributed by atoms with van der Waals surface area (Å²) in [6, 6.07) is 9.66. The molecule has 0 bridgehead atoms. The molecule has 3 rings (SSSR count). The van der Waals surface area contributed by atoms with Crippen molar-refractivity contribution in [3.8, 4) is 0 Å². The van der Waals surface area contributed by atoms with Crippen molar-refractivity contribution in [1.29, 1.82) is 0 Å². The van der Waals surface area contributed by atoms with E-state index in [1.165, 1.54) is 11.3 Å². The average Bonchev–Trinajstić information content (AvgIpc) is 2.94. The minimum atomic E-state index is -0.345. The van der Waals surface area contributed by atoms with E-state index in [-0.39, 0.29) is 18.4 Å². The van der Waals surface area contributed by atoms with E-state index in [0.717, 1.165) is 32.5 Å². The summed E-state index contributed by atoms with van der Waals surface area (Å²) in [5.74, 6) is -0.663. The Kier molecular flexibility index (Phi) is 5.79. The number of thiazole rings is 1. The highest BCUT2D eigenvalue weighted by Crippen LogP contribution is 2.23. The molecule has 28 heavy (non-hydrogen) atoms. The molecule has 0 N–H and O–H groups in total. The van der Waals surface area contributed by atoms with E-state index in [2.05, 4.69) is 11.1 Å². The van der Waals surface area contributed by atoms with Gasteiger partial charge in [-0.15, -0.1) is 0 Å². The Bertz CT molecular complexity index is 1140. The van der Waals surface area contributed by atoms with Gasteiger partial charge in [0.1, 0.15) is 6.54 Å². The van der Waals surface area contributed by atoms with Gasteiger partial charge in [-0.25, -0.2) is 0 Å². The van der Waals surface area contributed by atoms with Gasteiger partial charge in [-0.1, -0.05) is 23.5 Å². The SMILES string of the molecule is CCOC(=O)Cn1c(=NC(=O)c2ccc(C)c(C)c2)sc2cc(C)cc(C)c21. The highest BCUT2D eigenvalue weighted by Gasteiger charge is 2.15. The fourth-order valence-corrected chi connectivity index (χ4v) is 4.39. The molecule has 0 aliphatic carbocycles. The van der Waals surface area contributed by atoms with Gasteiger partial charge in [-0.2, -0.15) is 4.99 Å². The van der Waals surface area contributed by atoms with E-state index >= 15 is 0 Å². The predicted molar refractivity (Wildman–Crippen MR) is 112 cm³/mol. The monoisotopic (exact) mass is 396 g/mol. The summed E-state index contributed by atoms with van der Waals surface area (Å²) in [4.78, 5) is 29.8. The van der Waals surface area contributed by atoms with Crippen LogP contribution in [0.4, 0.5) is 0 Å². The minimum absolute atomic E-state index is 0.0246. The van der Waals surface area contributed by atoms with Crippen molar-refractivity contribution in [2.24, 2.45) is 4.99 Å². The maximum absolute atomic E-state index is 12.8. The van der Waals surface area contributed by atoms with Crippen molar-refractivity contribution >= 4 is 33.4 Å². The number of rotatable bonds is 4. The summed E-state index contributed by atoms with van der Waals surface area (Å²) in [6.45, 7) is 10.1. The van der Waals surface area contributed by atoms with Gasteiger partial charge < -0.3 is 9.30 Å². The maximum atomic E-state index is 12.8. The number of amides is 1. The minimum Gasteiger partial charge on any atom is -0.465 e. The first-order valence-corrected chi connectivity index (χ1v) is 10.0. The first-order valence-electron chi connectivity index (χ1n) is 9.22. The van der Waals surface area contributed by atoms with Crippen LogP contribution >= 0.6 is 11.3 Å². The molecule has 0 radical (unpaired) electrons. The number of aromatic nitrogens is 1. The van der Waals surface area contributed by atoms with Crippen molar-refractivity contribution < 1.29 is 14.3 Å². The highest BCUT2D eigenvalue weighted by atomic mass is 32.1. The van der Waals surface area contributed by atoms with Crippen LogP contribution in [0.5, 0.6) is 0 Å². The van der Waals surface area contributed by atoms with Crippen LogP contribution in [0.2, 0.25) is 0 Å². The number of esters is 1. The van der Waals surface area contributed by atoms with Crippen LogP contribution in [0.15, 0.2) is 35.3 Å². The summed E-state index contributed by atoms with van der Waals surface area (Å²) in [6.07, 6.45) is 0. The molecule has 0 unspecified atom stereocenters. The molecule has 0 atom stereocenters. The number of nitrogens with zero attached hydrogens (tertiary/aromatic N) is 2. The average molecular weight is 397 g/mol. The first-order chi connectivity index (χ1) is 13.3. The number of hydrogen-bond acceptors (Lipinski definition) is 4. The number of carbonyl (C=O) groups excluding carboxylic acids is 2. The zero-order chi connectivity index (χ0) is 20.4. The van der Waals surface area contributed by atoms with Crippen molar-refractivity contribution in [2.45, 2.75) is 41.2 Å². The Hall–Kier alpha value is -2.73. The Morgan fingerprint density at radius 3 is 2.46 bits per heavy atom. The first kappa shape index (κ1) is 20.0. The largest absolute Gasteiger partial charge is 0.465 e. The molecule has 1 aromatic heterocycles. The number of ether oxygens (including phenoxy) is 1. The molecule has 1 amide bonds. The second-order valence-corrected chi connectivity index (χ2v) is 7.93. The fraction of sp³-hybridized carbons (Fsp3) is 0.318. The van der Waals surface area contributed by atoms with Crippen molar-refractivity contribution in [1.82, 2.24) is 4.57 Å². The number of carbonyl (C=O) groups is 2. The third-order valence-corrected chi connectivity index (χ3v) is 5.68. The molecule has 0 saturated carbocycles. The Balaban J connectivity index is 2.16. The summed E-state index contributed by atoms with van der Waals surface area (Å²) < 4.78 is 7.90. The topological polar surface area (TPSA) is 60.7 Å². The van der Waals surface area contributed by atoms with Crippen LogP contribution in [-0.4, -0.2) is 23.1 Å². The van der Waals surface area contributed by atoms with E-state index in [0.29, 0.717) is 17.0 Å². The molecular weight excluding hydrogens is 372 g/mol. The molecule has 0 saturated heterocycles. The summed E-state index contributed by atoms with van der Waals surface area (Å²) in [7, 11) is 0. The van der Waals surface area contributed by atoms with Crippen LogP contribution in [0.3, 0.4) is 0 Å². The molecule has 6 heteroatoms.